The van der Waals surface area contributed by atoms with Crippen LogP contribution in [0.5, 0.6) is 0 Å². The van der Waals surface area contributed by atoms with Crippen LogP contribution in [0.25, 0.3) is 0 Å². The summed E-state index contributed by atoms with van der Waals surface area (Å²) in [4.78, 5) is 13.2. The van der Waals surface area contributed by atoms with Crippen molar-refractivity contribution in [2.75, 3.05) is 26.4 Å². The molecule has 0 aromatic heterocycles. The zero-order valence-corrected chi connectivity index (χ0v) is 42.2. The van der Waals surface area contributed by atoms with Crippen LogP contribution in [0.15, 0.2) is 48.6 Å². The Morgan fingerprint density at radius 3 is 1.54 bits per heavy atom. The highest BCUT2D eigenvalue weighted by Crippen LogP contribution is 2.33. The van der Waals surface area contributed by atoms with Gasteiger partial charge in [-0.05, 0) is 57.8 Å². The third kappa shape index (κ3) is 22.2. The van der Waals surface area contributed by atoms with Crippen molar-refractivity contribution in [2.24, 2.45) is 0 Å². The van der Waals surface area contributed by atoms with Gasteiger partial charge in [-0.3, -0.25) is 4.79 Å². The van der Waals surface area contributed by atoms with Gasteiger partial charge in [0.2, 0.25) is 5.91 Å². The van der Waals surface area contributed by atoms with Gasteiger partial charge < -0.3 is 89.9 Å². The molecule has 3 saturated heterocycles. The Hall–Kier alpha value is -2.25. The molecule has 3 aliphatic heterocycles. The molecule has 3 aliphatic rings. The summed E-state index contributed by atoms with van der Waals surface area (Å²) in [6, 6.07) is -0.995. The van der Waals surface area contributed by atoms with E-state index in [1.807, 2.05) is 6.08 Å². The van der Waals surface area contributed by atoms with E-state index in [1.54, 1.807) is 6.08 Å². The second-order valence-corrected chi connectivity index (χ2v) is 19.0. The lowest BCUT2D eigenvalue weighted by atomic mass is 9.96. The van der Waals surface area contributed by atoms with E-state index in [1.165, 1.54) is 44.9 Å². The van der Waals surface area contributed by atoms with Crippen LogP contribution in [-0.4, -0.2) is 193 Å². The molecule has 0 aliphatic carbocycles. The molecule has 17 unspecified atom stereocenters. The summed E-state index contributed by atoms with van der Waals surface area (Å²) >= 11 is 0. The molecule has 3 heterocycles. The van der Waals surface area contributed by atoms with Crippen molar-refractivity contribution >= 4 is 5.91 Å². The number of allylic oxidation sites excluding steroid dienone is 7. The molecular formula is C52H91NO18. The van der Waals surface area contributed by atoms with E-state index >= 15 is 0 Å². The van der Waals surface area contributed by atoms with Crippen molar-refractivity contribution < 1.29 is 89.4 Å². The first-order valence-corrected chi connectivity index (χ1v) is 26.4. The van der Waals surface area contributed by atoms with E-state index in [0.717, 1.165) is 64.2 Å². The smallest absolute Gasteiger partial charge is 0.220 e. The highest BCUT2D eigenvalue weighted by Gasteiger charge is 2.53. The predicted molar refractivity (Wildman–Crippen MR) is 263 cm³/mol. The first-order chi connectivity index (χ1) is 34.3. The Balaban J connectivity index is 1.57. The molecule has 3 rings (SSSR count). The summed E-state index contributed by atoms with van der Waals surface area (Å²) in [6.45, 7) is 1.58. The van der Waals surface area contributed by atoms with Crippen molar-refractivity contribution in [3.63, 3.8) is 0 Å². The van der Waals surface area contributed by atoms with Crippen molar-refractivity contribution in [3.05, 3.63) is 48.6 Å². The van der Waals surface area contributed by atoms with Crippen LogP contribution in [0.1, 0.15) is 142 Å². The van der Waals surface area contributed by atoms with E-state index in [-0.39, 0.29) is 18.9 Å². The maximum absolute atomic E-state index is 13.2. The zero-order valence-electron chi connectivity index (χ0n) is 42.2. The normalized spacial score (nSPS) is 32.7. The van der Waals surface area contributed by atoms with Crippen molar-refractivity contribution in [3.8, 4) is 0 Å². The zero-order chi connectivity index (χ0) is 52.0. The van der Waals surface area contributed by atoms with Crippen molar-refractivity contribution in [2.45, 2.75) is 247 Å². The fourth-order valence-corrected chi connectivity index (χ4v) is 8.63. The van der Waals surface area contributed by atoms with E-state index < -0.39 is 124 Å². The van der Waals surface area contributed by atoms with Gasteiger partial charge in [0.25, 0.3) is 0 Å². The summed E-state index contributed by atoms with van der Waals surface area (Å²) in [5, 5.41) is 120. The highest BCUT2D eigenvalue weighted by molar-refractivity contribution is 5.76. The molecule has 3 fully saturated rings. The first-order valence-electron chi connectivity index (χ1n) is 26.4. The topological polar surface area (TPSA) is 307 Å². The molecule has 17 atom stereocenters. The van der Waals surface area contributed by atoms with Gasteiger partial charge in [0.1, 0.15) is 73.2 Å². The van der Waals surface area contributed by atoms with E-state index in [0.29, 0.717) is 12.8 Å². The van der Waals surface area contributed by atoms with Gasteiger partial charge in [-0.2, -0.15) is 0 Å². The maximum atomic E-state index is 13.2. The minimum absolute atomic E-state index is 0.217. The number of amides is 1. The lowest BCUT2D eigenvalue weighted by Gasteiger charge is -2.48. The number of hydrogen-bond acceptors (Lipinski definition) is 18. The summed E-state index contributed by atoms with van der Waals surface area (Å²) in [5.74, 6) is -0.305. The number of rotatable bonds is 36. The van der Waals surface area contributed by atoms with Gasteiger partial charge >= 0.3 is 0 Å². The van der Waals surface area contributed by atoms with Gasteiger partial charge in [0, 0.05) is 6.42 Å². The minimum atomic E-state index is -1.98. The van der Waals surface area contributed by atoms with Gasteiger partial charge in [-0.25, -0.2) is 0 Å². The Kier molecular flexibility index (Phi) is 32.5. The third-order valence-corrected chi connectivity index (χ3v) is 13.1. The number of carbonyl (C=O) groups excluding carboxylic acids is 1. The van der Waals surface area contributed by atoms with Crippen LogP contribution in [0.4, 0.5) is 0 Å². The predicted octanol–water partition coefficient (Wildman–Crippen LogP) is 2.36. The van der Waals surface area contributed by atoms with Gasteiger partial charge in [0.15, 0.2) is 18.9 Å². The lowest BCUT2D eigenvalue weighted by molar-refractivity contribution is -0.379. The average molecular weight is 1020 g/mol. The molecule has 412 valence electrons. The van der Waals surface area contributed by atoms with Gasteiger partial charge in [0.05, 0.1) is 38.6 Å². The van der Waals surface area contributed by atoms with Crippen LogP contribution in [0, 0.1) is 0 Å². The first kappa shape index (κ1) is 63.0. The largest absolute Gasteiger partial charge is 0.394 e. The molecule has 19 nitrogen and oxygen atoms in total. The summed E-state index contributed by atoms with van der Waals surface area (Å²) < 4.78 is 34.1. The summed E-state index contributed by atoms with van der Waals surface area (Å²) in [7, 11) is 0. The summed E-state index contributed by atoms with van der Waals surface area (Å²) in [6.07, 6.45) is 9.72. The quantitative estimate of drug-likeness (QED) is 0.0317. The Labute approximate surface area is 421 Å². The van der Waals surface area contributed by atoms with E-state index in [4.69, 9.17) is 28.4 Å². The average Bonchev–Trinajstić information content (AvgIpc) is 3.36. The Bertz CT molecular complexity index is 1500. The fraction of sp³-hybridized carbons (Fsp3) is 0.827. The molecule has 19 heteroatoms. The number of aliphatic hydroxyl groups excluding tert-OH is 11. The molecule has 0 bridgehead atoms. The highest BCUT2D eigenvalue weighted by atomic mass is 16.8. The molecule has 71 heavy (non-hydrogen) atoms. The van der Waals surface area contributed by atoms with Crippen LogP contribution in [0.2, 0.25) is 0 Å². The number of unbranched alkanes of at least 4 members (excludes halogenated alkanes) is 14. The van der Waals surface area contributed by atoms with Crippen LogP contribution < -0.4 is 5.32 Å². The Morgan fingerprint density at radius 2 is 0.958 bits per heavy atom. The standard InChI is InChI=1S/C52H91NO18/c1-3-5-7-9-11-13-15-17-18-20-22-24-26-28-30-40(58)53-35(36(57)29-27-25-23-21-19-16-14-12-10-8-6-4-2)34-66-50-46(64)43(61)48(38(32-55)68-50)71-52-47(65)44(62)49(39(33-56)69-52)70-51-45(63)42(60)41(59)37(31-54)67-51/h9,11,15,17,19,21,27,29,35-39,41-52,54-57,59-65H,3-8,10,12-14,16,18,20,22-26,28,30-34H2,1-2H3,(H,53,58)/b11-9-,17-15-,21-19+,29-27+. The van der Waals surface area contributed by atoms with Crippen LogP contribution in [0.3, 0.4) is 0 Å². The second kappa shape index (κ2) is 36.7. The third-order valence-electron chi connectivity index (χ3n) is 13.1. The lowest BCUT2D eigenvalue weighted by Crippen LogP contribution is -2.66. The molecule has 0 spiro atoms. The molecule has 12 N–H and O–H groups in total. The fourth-order valence-electron chi connectivity index (χ4n) is 8.63. The van der Waals surface area contributed by atoms with Gasteiger partial charge in [-0.15, -0.1) is 0 Å². The van der Waals surface area contributed by atoms with Crippen LogP contribution >= 0.6 is 0 Å². The molecule has 0 radical (unpaired) electrons. The van der Waals surface area contributed by atoms with Gasteiger partial charge in [-0.1, -0.05) is 127 Å². The Morgan fingerprint density at radius 1 is 0.507 bits per heavy atom. The van der Waals surface area contributed by atoms with Crippen molar-refractivity contribution in [1.82, 2.24) is 5.32 Å². The SMILES string of the molecule is CCCC/C=C\C/C=C\CCCCCCCC(=O)NC(COC1OC(CO)C(OC2OC(CO)C(OC3OC(CO)C(O)C(O)C3O)C(O)C2O)C(O)C1O)C(O)/C=C/CC/C=C/CCCCCCCC. The van der Waals surface area contributed by atoms with E-state index in [9.17, 15) is 61.0 Å². The number of ether oxygens (including phenoxy) is 6. The monoisotopic (exact) mass is 1020 g/mol. The minimum Gasteiger partial charge on any atom is -0.394 e. The molecule has 0 aromatic rings. The molecular weight excluding hydrogens is 927 g/mol. The number of carbonyl (C=O) groups is 1. The van der Waals surface area contributed by atoms with Crippen LogP contribution in [-0.2, 0) is 33.2 Å². The molecule has 0 aromatic carbocycles. The maximum Gasteiger partial charge on any atom is 0.220 e. The molecule has 0 saturated carbocycles. The number of aliphatic hydroxyl groups is 11. The second-order valence-electron chi connectivity index (χ2n) is 19.0. The van der Waals surface area contributed by atoms with Crippen molar-refractivity contribution in [1.29, 1.82) is 0 Å². The van der Waals surface area contributed by atoms with E-state index in [2.05, 4.69) is 55.6 Å². The number of nitrogens with one attached hydrogen (secondary N) is 1. The molecule has 1 amide bonds. The number of hydrogen-bond donors (Lipinski definition) is 12. The summed E-state index contributed by atoms with van der Waals surface area (Å²) in [5.41, 5.74) is 0.